The lowest BCUT2D eigenvalue weighted by Gasteiger charge is -2.18. The Hall–Kier alpha value is -0.700. The van der Waals surface area contributed by atoms with Crippen molar-refractivity contribution in [3.8, 4) is 0 Å². The molecule has 1 aliphatic carbocycles. The number of aliphatic hydroxyl groups excluding tert-OH is 1. The minimum atomic E-state index is -3.58. The van der Waals surface area contributed by atoms with Crippen LogP contribution in [-0.4, -0.2) is 57.1 Å². The number of aliphatic hydroxyl groups is 1. The molecule has 19 heavy (non-hydrogen) atoms. The number of rotatable bonds is 7. The zero-order chi connectivity index (χ0) is 14.5. The number of carbonyl (C=O) groups is 1. The van der Waals surface area contributed by atoms with Crippen molar-refractivity contribution in [1.29, 1.82) is 0 Å². The lowest BCUT2D eigenvalue weighted by molar-refractivity contribution is -0.140. The molecule has 0 aromatic carbocycles. The summed E-state index contributed by atoms with van der Waals surface area (Å²) in [5, 5.41) is 9.37. The highest BCUT2D eigenvalue weighted by molar-refractivity contribution is 7.87. The van der Waals surface area contributed by atoms with E-state index < -0.39 is 16.2 Å². The fourth-order valence-corrected chi connectivity index (χ4v) is 3.04. The maximum atomic E-state index is 11.9. The van der Waals surface area contributed by atoms with Crippen LogP contribution in [0.4, 0.5) is 0 Å². The van der Waals surface area contributed by atoms with E-state index in [0.717, 1.165) is 17.1 Å². The Morgan fingerprint density at radius 3 is 2.68 bits per heavy atom. The molecule has 1 aliphatic rings. The Bertz CT molecular complexity index is 398. The zero-order valence-corrected chi connectivity index (χ0v) is 12.1. The third-order valence-corrected chi connectivity index (χ3v) is 4.87. The summed E-state index contributed by atoms with van der Waals surface area (Å²) < 4.78 is 31.8. The van der Waals surface area contributed by atoms with Crippen LogP contribution in [0.15, 0.2) is 0 Å². The first-order valence-corrected chi connectivity index (χ1v) is 7.75. The smallest absolute Gasteiger partial charge is 0.306 e. The molecule has 0 amide bonds. The molecular formula is C11H22N2O5S. The quantitative estimate of drug-likeness (QED) is 0.616. The van der Waals surface area contributed by atoms with Gasteiger partial charge < -0.3 is 9.84 Å². The lowest BCUT2D eigenvalue weighted by Crippen LogP contribution is -2.41. The molecule has 7 nitrogen and oxygen atoms in total. The van der Waals surface area contributed by atoms with Crippen LogP contribution in [0.25, 0.3) is 0 Å². The van der Waals surface area contributed by atoms with E-state index in [0.29, 0.717) is 13.0 Å². The van der Waals surface area contributed by atoms with E-state index in [2.05, 4.69) is 9.46 Å². The van der Waals surface area contributed by atoms with Gasteiger partial charge in [-0.15, -0.1) is 0 Å². The molecule has 0 spiro atoms. The highest BCUT2D eigenvalue weighted by atomic mass is 32.2. The van der Waals surface area contributed by atoms with Gasteiger partial charge in [-0.2, -0.15) is 12.7 Å². The van der Waals surface area contributed by atoms with Crippen molar-refractivity contribution in [2.24, 2.45) is 5.92 Å². The summed E-state index contributed by atoms with van der Waals surface area (Å²) in [5.41, 5.74) is 0. The highest BCUT2D eigenvalue weighted by Gasteiger charge is 2.25. The molecule has 2 atom stereocenters. The molecule has 0 bridgehead atoms. The Morgan fingerprint density at radius 1 is 1.47 bits per heavy atom. The van der Waals surface area contributed by atoms with Crippen LogP contribution in [0.5, 0.6) is 0 Å². The number of ether oxygens (including phenoxy) is 1. The molecule has 2 unspecified atom stereocenters. The number of esters is 1. The maximum Gasteiger partial charge on any atom is 0.306 e. The maximum absolute atomic E-state index is 11.9. The van der Waals surface area contributed by atoms with Crippen LogP contribution < -0.4 is 4.72 Å². The summed E-state index contributed by atoms with van der Waals surface area (Å²) in [6.07, 6.45) is 1.90. The van der Waals surface area contributed by atoms with Gasteiger partial charge in [-0.3, -0.25) is 4.79 Å². The Kier molecular flexibility index (Phi) is 6.18. The molecule has 1 saturated carbocycles. The predicted molar refractivity (Wildman–Crippen MR) is 69.5 cm³/mol. The molecule has 0 saturated heterocycles. The van der Waals surface area contributed by atoms with Gasteiger partial charge >= 0.3 is 5.97 Å². The lowest BCUT2D eigenvalue weighted by atomic mass is 10.1. The normalized spacial score (nSPS) is 23.8. The molecular weight excluding hydrogens is 272 g/mol. The van der Waals surface area contributed by atoms with E-state index in [-0.39, 0.29) is 25.0 Å². The van der Waals surface area contributed by atoms with Crippen LogP contribution in [-0.2, 0) is 19.7 Å². The van der Waals surface area contributed by atoms with Crippen molar-refractivity contribution in [2.45, 2.75) is 31.8 Å². The van der Waals surface area contributed by atoms with Crippen molar-refractivity contribution >= 4 is 16.2 Å². The third-order valence-electron chi connectivity index (χ3n) is 3.34. The summed E-state index contributed by atoms with van der Waals surface area (Å²) in [4.78, 5) is 11.0. The first-order chi connectivity index (χ1) is 8.85. The number of methoxy groups -OCH3 is 1. The van der Waals surface area contributed by atoms with E-state index >= 15 is 0 Å². The number of hydrogen-bond acceptors (Lipinski definition) is 5. The molecule has 2 N–H and O–H groups in total. The van der Waals surface area contributed by atoms with Crippen molar-refractivity contribution in [1.82, 2.24) is 9.03 Å². The summed E-state index contributed by atoms with van der Waals surface area (Å²) in [6.45, 7) is 0.400. The van der Waals surface area contributed by atoms with Gasteiger partial charge in [-0.1, -0.05) is 0 Å². The molecule has 1 fully saturated rings. The minimum absolute atomic E-state index is 0.0239. The van der Waals surface area contributed by atoms with Crippen LogP contribution in [0.1, 0.15) is 25.7 Å². The van der Waals surface area contributed by atoms with Crippen LogP contribution >= 0.6 is 0 Å². The predicted octanol–water partition coefficient (Wildman–Crippen LogP) is -0.523. The fourth-order valence-electron chi connectivity index (χ4n) is 2.04. The molecule has 0 aromatic heterocycles. The number of nitrogens with zero attached hydrogens (tertiary/aromatic N) is 1. The monoisotopic (exact) mass is 294 g/mol. The van der Waals surface area contributed by atoms with Gasteiger partial charge in [-0.05, 0) is 25.2 Å². The Morgan fingerprint density at radius 2 is 2.16 bits per heavy atom. The molecule has 8 heteroatoms. The van der Waals surface area contributed by atoms with Crippen molar-refractivity contribution in [3.63, 3.8) is 0 Å². The average Bonchev–Trinajstić information content (AvgIpc) is 2.79. The topological polar surface area (TPSA) is 95.9 Å². The van der Waals surface area contributed by atoms with E-state index in [1.807, 2.05) is 0 Å². The van der Waals surface area contributed by atoms with Gasteiger partial charge in [0.2, 0.25) is 0 Å². The minimum Gasteiger partial charge on any atom is -0.469 e. The average molecular weight is 294 g/mol. The van der Waals surface area contributed by atoms with Gasteiger partial charge in [0.05, 0.1) is 19.6 Å². The molecule has 112 valence electrons. The molecule has 1 rings (SSSR count). The number of nitrogens with one attached hydrogen (secondary N) is 1. The van der Waals surface area contributed by atoms with Crippen molar-refractivity contribution in [3.05, 3.63) is 0 Å². The first-order valence-electron chi connectivity index (χ1n) is 6.31. The highest BCUT2D eigenvalue weighted by Crippen LogP contribution is 2.24. The number of hydrogen-bond donors (Lipinski definition) is 2. The van der Waals surface area contributed by atoms with Gasteiger partial charge in [0, 0.05) is 20.1 Å². The molecule has 0 aliphatic heterocycles. The Balaban J connectivity index is 2.35. The fraction of sp³-hybridized carbons (Fsp3) is 0.909. The summed E-state index contributed by atoms with van der Waals surface area (Å²) in [5.74, 6) is -0.264. The summed E-state index contributed by atoms with van der Waals surface area (Å²) >= 11 is 0. The second-order valence-corrected chi connectivity index (χ2v) is 6.70. The van der Waals surface area contributed by atoms with E-state index in [9.17, 15) is 18.3 Å². The van der Waals surface area contributed by atoms with Crippen LogP contribution in [0.2, 0.25) is 0 Å². The van der Waals surface area contributed by atoms with Gasteiger partial charge in [0.1, 0.15) is 0 Å². The van der Waals surface area contributed by atoms with Gasteiger partial charge in [0.15, 0.2) is 0 Å². The molecule has 0 radical (unpaired) electrons. The number of carbonyl (C=O) groups excluding carboxylic acids is 1. The van der Waals surface area contributed by atoms with Crippen LogP contribution in [0.3, 0.4) is 0 Å². The van der Waals surface area contributed by atoms with Crippen LogP contribution in [0, 0.1) is 5.92 Å². The Labute approximate surface area is 114 Å². The zero-order valence-electron chi connectivity index (χ0n) is 11.3. The second-order valence-electron chi connectivity index (χ2n) is 4.83. The van der Waals surface area contributed by atoms with Gasteiger partial charge in [-0.25, -0.2) is 4.72 Å². The van der Waals surface area contributed by atoms with E-state index in [1.54, 1.807) is 0 Å². The SMILES string of the molecule is COC(=O)CCN(C)S(=O)(=O)NCC1CCC(O)C1. The standard InChI is InChI=1S/C11H22N2O5S/c1-13(6-5-11(15)18-2)19(16,17)12-8-9-3-4-10(14)7-9/h9-10,12,14H,3-8H2,1-2H3. The molecule has 0 aromatic rings. The summed E-state index contributed by atoms with van der Waals surface area (Å²) in [7, 11) is -0.899. The van der Waals surface area contributed by atoms with E-state index in [4.69, 9.17) is 0 Å². The second kappa shape index (κ2) is 7.18. The summed E-state index contributed by atoms with van der Waals surface area (Å²) in [6, 6.07) is 0. The van der Waals surface area contributed by atoms with Crippen molar-refractivity contribution < 1.29 is 23.1 Å². The third kappa shape index (κ3) is 5.43. The van der Waals surface area contributed by atoms with Crippen molar-refractivity contribution in [2.75, 3.05) is 27.2 Å². The first kappa shape index (κ1) is 16.4. The van der Waals surface area contributed by atoms with Gasteiger partial charge in [0.25, 0.3) is 10.2 Å². The van der Waals surface area contributed by atoms with E-state index in [1.165, 1.54) is 14.2 Å². The largest absolute Gasteiger partial charge is 0.469 e. The molecule has 0 heterocycles.